The Labute approximate surface area is 163 Å². The highest BCUT2D eigenvalue weighted by atomic mass is 35.5. The molecule has 0 fully saturated rings. The van der Waals surface area contributed by atoms with Crippen molar-refractivity contribution >= 4 is 24.0 Å². The van der Waals surface area contributed by atoms with Crippen molar-refractivity contribution in [2.45, 2.75) is 38.3 Å². The summed E-state index contributed by atoms with van der Waals surface area (Å²) < 4.78 is 38.7. The number of hydrogen-bond acceptors (Lipinski definition) is 2. The lowest BCUT2D eigenvalue weighted by Gasteiger charge is -2.26. The second kappa shape index (κ2) is 9.13. The monoisotopic (exact) mass is 400 g/mol. The summed E-state index contributed by atoms with van der Waals surface area (Å²) in [6.45, 7) is 3.85. The Morgan fingerprint density at radius 1 is 1.04 bits per heavy atom. The quantitative estimate of drug-likeness (QED) is 0.688. The third-order valence-corrected chi connectivity index (χ3v) is 4.38. The first-order chi connectivity index (χ1) is 12.1. The van der Waals surface area contributed by atoms with Crippen molar-refractivity contribution in [1.29, 1.82) is 0 Å². The molecule has 0 radical (unpaired) electrons. The van der Waals surface area contributed by atoms with Crippen molar-refractivity contribution in [3.05, 3.63) is 65.2 Å². The number of nitrogen functional groups attached to an aromatic ring is 1. The number of rotatable bonds is 6. The van der Waals surface area contributed by atoms with E-state index in [1.165, 1.54) is 6.07 Å². The van der Waals surface area contributed by atoms with Crippen molar-refractivity contribution in [3.63, 3.8) is 0 Å². The molecule has 7 heteroatoms. The standard InChI is InChI=1S/C20H23F3N2O.ClH/c1-19(2,15-7-5-8-16(12-15)20(21,22)23)13-25-18(26)11-10-14-6-3-4-9-17(14)24;/h3-9,12H,10-11,13,24H2,1-2H3,(H,25,26);1H. The Morgan fingerprint density at radius 2 is 1.67 bits per heavy atom. The van der Waals surface area contributed by atoms with Crippen LogP contribution in [0, 0.1) is 0 Å². The van der Waals surface area contributed by atoms with Crippen molar-refractivity contribution < 1.29 is 18.0 Å². The summed E-state index contributed by atoms with van der Waals surface area (Å²) >= 11 is 0. The van der Waals surface area contributed by atoms with Gasteiger partial charge in [0.1, 0.15) is 0 Å². The van der Waals surface area contributed by atoms with Gasteiger partial charge in [-0.25, -0.2) is 0 Å². The van der Waals surface area contributed by atoms with Gasteiger partial charge in [0, 0.05) is 24.1 Å². The molecule has 0 spiro atoms. The van der Waals surface area contributed by atoms with Gasteiger partial charge in [0.05, 0.1) is 5.56 Å². The van der Waals surface area contributed by atoms with Crippen LogP contribution in [-0.4, -0.2) is 12.5 Å². The Bertz CT molecular complexity index is 776. The largest absolute Gasteiger partial charge is 0.416 e. The smallest absolute Gasteiger partial charge is 0.399 e. The van der Waals surface area contributed by atoms with Crippen molar-refractivity contribution in [1.82, 2.24) is 5.32 Å². The van der Waals surface area contributed by atoms with Crippen LogP contribution < -0.4 is 11.1 Å². The van der Waals surface area contributed by atoms with Gasteiger partial charge in [-0.05, 0) is 29.7 Å². The summed E-state index contributed by atoms with van der Waals surface area (Å²) in [5, 5.41) is 2.81. The predicted molar refractivity (Wildman–Crippen MR) is 104 cm³/mol. The lowest BCUT2D eigenvalue weighted by Crippen LogP contribution is -2.37. The molecule has 2 rings (SSSR count). The number of amides is 1. The molecule has 0 saturated heterocycles. The maximum atomic E-state index is 12.9. The lowest BCUT2D eigenvalue weighted by molar-refractivity contribution is -0.137. The van der Waals surface area contributed by atoms with Crippen LogP contribution in [0.4, 0.5) is 18.9 Å². The van der Waals surface area contributed by atoms with Gasteiger partial charge in [-0.3, -0.25) is 4.79 Å². The fourth-order valence-electron chi connectivity index (χ4n) is 2.64. The minimum absolute atomic E-state index is 0. The zero-order valence-corrected chi connectivity index (χ0v) is 16.1. The number of carbonyl (C=O) groups is 1. The van der Waals surface area contributed by atoms with E-state index in [4.69, 9.17) is 5.73 Å². The zero-order chi connectivity index (χ0) is 19.4. The molecule has 0 aromatic heterocycles. The normalized spacial score (nSPS) is 11.6. The number of alkyl halides is 3. The van der Waals surface area contributed by atoms with E-state index in [1.54, 1.807) is 26.0 Å². The van der Waals surface area contributed by atoms with E-state index >= 15 is 0 Å². The summed E-state index contributed by atoms with van der Waals surface area (Å²) in [6, 6.07) is 12.6. The first-order valence-corrected chi connectivity index (χ1v) is 8.37. The molecule has 0 heterocycles. The minimum Gasteiger partial charge on any atom is -0.399 e. The van der Waals surface area contributed by atoms with Crippen LogP contribution in [0.15, 0.2) is 48.5 Å². The third-order valence-electron chi connectivity index (χ3n) is 4.38. The van der Waals surface area contributed by atoms with Gasteiger partial charge in [-0.1, -0.05) is 50.2 Å². The highest BCUT2D eigenvalue weighted by molar-refractivity contribution is 5.85. The zero-order valence-electron chi connectivity index (χ0n) is 15.3. The topological polar surface area (TPSA) is 55.1 Å². The molecule has 0 aliphatic heterocycles. The molecular formula is C20H24ClF3N2O. The van der Waals surface area contributed by atoms with Gasteiger partial charge < -0.3 is 11.1 Å². The number of aryl methyl sites for hydroxylation is 1. The fraction of sp³-hybridized carbons (Fsp3) is 0.350. The highest BCUT2D eigenvalue weighted by Crippen LogP contribution is 2.32. The Hall–Kier alpha value is -2.21. The van der Waals surface area contributed by atoms with Crippen LogP contribution in [0.1, 0.15) is 37.0 Å². The lowest BCUT2D eigenvalue weighted by atomic mass is 9.83. The molecule has 3 nitrogen and oxygen atoms in total. The first kappa shape index (κ1) is 22.8. The van der Waals surface area contributed by atoms with E-state index in [0.29, 0.717) is 17.7 Å². The molecule has 0 unspecified atom stereocenters. The Kier molecular flexibility index (Phi) is 7.72. The van der Waals surface area contributed by atoms with Gasteiger partial charge in [-0.15, -0.1) is 12.4 Å². The van der Waals surface area contributed by atoms with Crippen LogP contribution in [0.5, 0.6) is 0 Å². The maximum absolute atomic E-state index is 12.9. The number of nitrogens with one attached hydrogen (secondary N) is 1. The number of para-hydroxylation sites is 1. The minimum atomic E-state index is -4.38. The van der Waals surface area contributed by atoms with Gasteiger partial charge in [0.2, 0.25) is 5.91 Å². The summed E-state index contributed by atoms with van der Waals surface area (Å²) in [5.74, 6) is -0.159. The number of nitrogens with two attached hydrogens (primary N) is 1. The molecule has 0 atom stereocenters. The van der Waals surface area contributed by atoms with Crippen LogP contribution in [0.2, 0.25) is 0 Å². The average Bonchev–Trinajstić information content (AvgIpc) is 2.59. The number of halogens is 4. The summed E-state index contributed by atoms with van der Waals surface area (Å²) in [4.78, 5) is 12.1. The third kappa shape index (κ3) is 6.47. The molecule has 0 saturated carbocycles. The maximum Gasteiger partial charge on any atom is 0.416 e. The van der Waals surface area contributed by atoms with E-state index in [0.717, 1.165) is 17.7 Å². The molecular weight excluding hydrogens is 377 g/mol. The average molecular weight is 401 g/mol. The Morgan fingerprint density at radius 3 is 2.30 bits per heavy atom. The predicted octanol–water partition coefficient (Wildman–Crippen LogP) is 4.74. The first-order valence-electron chi connectivity index (χ1n) is 8.37. The van der Waals surface area contributed by atoms with Crippen LogP contribution in [0.25, 0.3) is 0 Å². The van der Waals surface area contributed by atoms with Crippen molar-refractivity contribution in [3.8, 4) is 0 Å². The van der Waals surface area contributed by atoms with Crippen LogP contribution >= 0.6 is 12.4 Å². The SMILES string of the molecule is CC(C)(CNC(=O)CCc1ccccc1N)c1cccc(C(F)(F)F)c1.Cl. The molecule has 3 N–H and O–H groups in total. The van der Waals surface area contributed by atoms with E-state index in [9.17, 15) is 18.0 Å². The number of carbonyl (C=O) groups excluding carboxylic acids is 1. The second-order valence-corrected chi connectivity index (χ2v) is 6.94. The molecule has 27 heavy (non-hydrogen) atoms. The van der Waals surface area contributed by atoms with E-state index in [-0.39, 0.29) is 31.3 Å². The number of benzene rings is 2. The molecule has 2 aromatic carbocycles. The summed E-state index contributed by atoms with van der Waals surface area (Å²) in [7, 11) is 0. The van der Waals surface area contributed by atoms with Crippen LogP contribution in [0.3, 0.4) is 0 Å². The second-order valence-electron chi connectivity index (χ2n) is 6.94. The van der Waals surface area contributed by atoms with Crippen molar-refractivity contribution in [2.75, 3.05) is 12.3 Å². The van der Waals surface area contributed by atoms with Gasteiger partial charge >= 0.3 is 6.18 Å². The number of hydrogen-bond donors (Lipinski definition) is 2. The molecule has 1 amide bonds. The molecule has 148 valence electrons. The van der Waals surface area contributed by atoms with Gasteiger partial charge in [0.15, 0.2) is 0 Å². The van der Waals surface area contributed by atoms with E-state index in [2.05, 4.69) is 5.32 Å². The van der Waals surface area contributed by atoms with Crippen LogP contribution in [-0.2, 0) is 22.8 Å². The molecule has 0 aliphatic carbocycles. The highest BCUT2D eigenvalue weighted by Gasteiger charge is 2.32. The molecule has 2 aromatic rings. The van der Waals surface area contributed by atoms with Gasteiger partial charge in [0.25, 0.3) is 0 Å². The van der Waals surface area contributed by atoms with Crippen molar-refractivity contribution in [2.24, 2.45) is 0 Å². The summed E-state index contributed by atoms with van der Waals surface area (Å²) in [5.41, 5.74) is 6.62. The molecule has 0 aliphatic rings. The Balaban J connectivity index is 0.00000364. The number of anilines is 1. The van der Waals surface area contributed by atoms with E-state index in [1.807, 2.05) is 18.2 Å². The molecule has 0 bridgehead atoms. The fourth-order valence-corrected chi connectivity index (χ4v) is 2.64. The van der Waals surface area contributed by atoms with E-state index < -0.39 is 17.2 Å². The summed E-state index contributed by atoms with van der Waals surface area (Å²) in [6.07, 6.45) is -3.60. The van der Waals surface area contributed by atoms with Gasteiger partial charge in [-0.2, -0.15) is 13.2 Å².